The van der Waals surface area contributed by atoms with Crippen molar-refractivity contribution in [2.24, 2.45) is 0 Å². The topological polar surface area (TPSA) is 58.6 Å². The number of carbonyl (C=O) groups excluding carboxylic acids is 1. The van der Waals surface area contributed by atoms with Crippen molar-refractivity contribution in [1.82, 2.24) is 5.32 Å². The first-order valence-electron chi connectivity index (χ1n) is 4.76. The Bertz CT molecular complexity index is 418. The average molecular weight is 244 g/mol. The zero-order chi connectivity index (χ0) is 12.3. The van der Waals surface area contributed by atoms with Crippen LogP contribution in [0.3, 0.4) is 0 Å². The highest BCUT2D eigenvalue weighted by Gasteiger charge is 2.19. The van der Waals surface area contributed by atoms with E-state index in [1.54, 1.807) is 14.0 Å². The van der Waals surface area contributed by atoms with Crippen molar-refractivity contribution >= 4 is 17.4 Å². The molecule has 0 spiro atoms. The zero-order valence-corrected chi connectivity index (χ0v) is 10.2. The lowest BCUT2D eigenvalue weighted by atomic mass is 10.0. The van der Waals surface area contributed by atoms with E-state index in [1.165, 1.54) is 13.2 Å². The molecule has 0 fully saturated rings. The van der Waals surface area contributed by atoms with Gasteiger partial charge in [0, 0.05) is 5.56 Å². The van der Waals surface area contributed by atoms with Crippen molar-refractivity contribution in [3.63, 3.8) is 0 Å². The fourth-order valence-electron chi connectivity index (χ4n) is 1.53. The van der Waals surface area contributed by atoms with Crippen molar-refractivity contribution in [3.8, 4) is 11.5 Å². The molecule has 1 rings (SSSR count). The number of halogens is 1. The number of hydrogen-bond acceptors (Lipinski definition) is 4. The van der Waals surface area contributed by atoms with Gasteiger partial charge in [0.15, 0.2) is 17.3 Å². The molecule has 5 heteroatoms. The van der Waals surface area contributed by atoms with Gasteiger partial charge in [0.25, 0.3) is 0 Å². The maximum atomic E-state index is 11.8. The minimum atomic E-state index is -0.136. The number of nitrogens with one attached hydrogen (secondary N) is 1. The number of ether oxygens (including phenoxy) is 1. The van der Waals surface area contributed by atoms with Crippen LogP contribution < -0.4 is 10.1 Å². The molecule has 0 aromatic heterocycles. The standard InChI is InChI=1S/C11H14ClNO3/c1-6-4-7(14)11(16-3)10(12)9(6)8(15)5-13-2/h4,13-14H,5H2,1-3H3. The number of Topliss-reactive ketones (excluding diaryl/α,β-unsaturated/α-hetero) is 1. The van der Waals surface area contributed by atoms with Crippen LogP contribution in [0.2, 0.25) is 5.02 Å². The molecule has 0 radical (unpaired) electrons. The number of benzene rings is 1. The molecule has 0 saturated carbocycles. The SMILES string of the molecule is CNCC(=O)c1c(C)cc(O)c(OC)c1Cl. The van der Waals surface area contributed by atoms with Crippen LogP contribution in [0.15, 0.2) is 6.07 Å². The summed E-state index contributed by atoms with van der Waals surface area (Å²) in [6.07, 6.45) is 0. The van der Waals surface area contributed by atoms with E-state index >= 15 is 0 Å². The van der Waals surface area contributed by atoms with Gasteiger partial charge in [0.05, 0.1) is 18.7 Å². The van der Waals surface area contributed by atoms with Crippen LogP contribution in [0.4, 0.5) is 0 Å². The lowest BCUT2D eigenvalue weighted by Crippen LogP contribution is -2.20. The van der Waals surface area contributed by atoms with E-state index in [4.69, 9.17) is 16.3 Å². The Hall–Kier alpha value is -1.26. The van der Waals surface area contributed by atoms with Gasteiger partial charge in [-0.2, -0.15) is 0 Å². The van der Waals surface area contributed by atoms with E-state index < -0.39 is 0 Å². The monoisotopic (exact) mass is 243 g/mol. The van der Waals surface area contributed by atoms with Crippen LogP contribution in [-0.4, -0.2) is 31.6 Å². The second-order valence-corrected chi connectivity index (χ2v) is 3.77. The van der Waals surface area contributed by atoms with E-state index in [0.717, 1.165) is 0 Å². The molecule has 0 amide bonds. The van der Waals surface area contributed by atoms with Crippen LogP contribution in [0.25, 0.3) is 0 Å². The van der Waals surface area contributed by atoms with Crippen molar-refractivity contribution in [1.29, 1.82) is 0 Å². The summed E-state index contributed by atoms with van der Waals surface area (Å²) >= 11 is 6.02. The largest absolute Gasteiger partial charge is 0.504 e. The highest BCUT2D eigenvalue weighted by Crippen LogP contribution is 2.38. The van der Waals surface area contributed by atoms with Gasteiger partial charge in [0.1, 0.15) is 0 Å². The molecule has 1 aromatic rings. The molecule has 2 N–H and O–H groups in total. The first-order valence-corrected chi connectivity index (χ1v) is 5.14. The third-order valence-electron chi connectivity index (χ3n) is 2.22. The van der Waals surface area contributed by atoms with Crippen LogP contribution in [-0.2, 0) is 0 Å². The van der Waals surface area contributed by atoms with Gasteiger partial charge in [-0.05, 0) is 25.6 Å². The molecule has 0 atom stereocenters. The van der Waals surface area contributed by atoms with Crippen molar-refractivity contribution < 1.29 is 14.6 Å². The molecule has 1 aromatic carbocycles. The van der Waals surface area contributed by atoms with Gasteiger partial charge < -0.3 is 15.2 Å². The Labute approximate surface area is 99.2 Å². The van der Waals surface area contributed by atoms with Gasteiger partial charge in [-0.25, -0.2) is 0 Å². The summed E-state index contributed by atoms with van der Waals surface area (Å²) in [5, 5.41) is 12.5. The number of ketones is 1. The number of methoxy groups -OCH3 is 1. The summed E-state index contributed by atoms with van der Waals surface area (Å²) in [4.78, 5) is 11.8. The lowest BCUT2D eigenvalue weighted by Gasteiger charge is -2.12. The minimum Gasteiger partial charge on any atom is -0.504 e. The van der Waals surface area contributed by atoms with E-state index in [0.29, 0.717) is 11.1 Å². The summed E-state index contributed by atoms with van der Waals surface area (Å²) in [6.45, 7) is 1.91. The molecule has 0 unspecified atom stereocenters. The van der Waals surface area contributed by atoms with E-state index in [-0.39, 0.29) is 28.8 Å². The van der Waals surface area contributed by atoms with Gasteiger partial charge in [-0.3, -0.25) is 4.79 Å². The third kappa shape index (κ3) is 2.28. The van der Waals surface area contributed by atoms with Crippen LogP contribution in [0.5, 0.6) is 11.5 Å². The van der Waals surface area contributed by atoms with Crippen molar-refractivity contribution in [3.05, 3.63) is 22.2 Å². The van der Waals surface area contributed by atoms with E-state index in [9.17, 15) is 9.90 Å². The fourth-order valence-corrected chi connectivity index (χ4v) is 1.96. The zero-order valence-electron chi connectivity index (χ0n) is 9.43. The summed E-state index contributed by atoms with van der Waals surface area (Å²) in [7, 11) is 3.07. The van der Waals surface area contributed by atoms with Gasteiger partial charge >= 0.3 is 0 Å². The number of rotatable bonds is 4. The highest BCUT2D eigenvalue weighted by molar-refractivity contribution is 6.36. The number of aromatic hydroxyl groups is 1. The lowest BCUT2D eigenvalue weighted by molar-refractivity contribution is 0.0993. The molecular formula is C11H14ClNO3. The summed E-state index contributed by atoms with van der Waals surface area (Å²) in [5.74, 6) is -0.0685. The second kappa shape index (κ2) is 5.18. The molecule has 0 aliphatic rings. The molecular weight excluding hydrogens is 230 g/mol. The number of hydrogen-bond donors (Lipinski definition) is 2. The summed E-state index contributed by atoms with van der Waals surface area (Å²) in [5.41, 5.74) is 1.01. The average Bonchev–Trinajstić information content (AvgIpc) is 2.17. The maximum absolute atomic E-state index is 11.8. The van der Waals surface area contributed by atoms with Crippen molar-refractivity contribution in [2.75, 3.05) is 20.7 Å². The number of aryl methyl sites for hydroxylation is 1. The Morgan fingerprint density at radius 2 is 2.25 bits per heavy atom. The van der Waals surface area contributed by atoms with Gasteiger partial charge in [-0.15, -0.1) is 0 Å². The number of phenols is 1. The first kappa shape index (κ1) is 12.8. The molecule has 16 heavy (non-hydrogen) atoms. The number of likely N-dealkylation sites (N-methyl/N-ethyl adjacent to an activating group) is 1. The Balaban J connectivity index is 3.33. The van der Waals surface area contributed by atoms with Gasteiger partial charge in [-0.1, -0.05) is 11.6 Å². The van der Waals surface area contributed by atoms with E-state index in [2.05, 4.69) is 5.32 Å². The van der Waals surface area contributed by atoms with Crippen molar-refractivity contribution in [2.45, 2.75) is 6.92 Å². The smallest absolute Gasteiger partial charge is 0.179 e. The Morgan fingerprint density at radius 1 is 1.62 bits per heavy atom. The highest BCUT2D eigenvalue weighted by atomic mass is 35.5. The fraction of sp³-hybridized carbons (Fsp3) is 0.364. The maximum Gasteiger partial charge on any atom is 0.179 e. The molecule has 0 saturated heterocycles. The molecule has 0 aliphatic heterocycles. The predicted molar refractivity (Wildman–Crippen MR) is 62.7 cm³/mol. The molecule has 4 nitrogen and oxygen atoms in total. The first-order chi connectivity index (χ1) is 7.52. The summed E-state index contributed by atoms with van der Waals surface area (Å²) in [6, 6.07) is 1.47. The Morgan fingerprint density at radius 3 is 2.75 bits per heavy atom. The molecule has 0 aliphatic carbocycles. The predicted octanol–water partition coefficient (Wildman–Crippen LogP) is 1.76. The number of carbonyl (C=O) groups is 1. The van der Waals surface area contributed by atoms with Crippen LogP contribution >= 0.6 is 11.6 Å². The Kier molecular flexibility index (Phi) is 4.15. The third-order valence-corrected chi connectivity index (χ3v) is 2.58. The normalized spacial score (nSPS) is 10.2. The molecule has 0 bridgehead atoms. The number of phenolic OH excluding ortho intramolecular Hbond substituents is 1. The minimum absolute atomic E-state index is 0.0639. The molecule has 0 heterocycles. The summed E-state index contributed by atoms with van der Waals surface area (Å²) < 4.78 is 4.95. The van der Waals surface area contributed by atoms with Crippen LogP contribution in [0, 0.1) is 6.92 Å². The van der Waals surface area contributed by atoms with Gasteiger partial charge in [0.2, 0.25) is 0 Å². The second-order valence-electron chi connectivity index (χ2n) is 3.39. The van der Waals surface area contributed by atoms with Crippen LogP contribution in [0.1, 0.15) is 15.9 Å². The molecule has 88 valence electrons. The quantitative estimate of drug-likeness (QED) is 0.792. The van der Waals surface area contributed by atoms with E-state index in [1.807, 2.05) is 0 Å².